The number of hydrogen-bond acceptors (Lipinski definition) is 5. The monoisotopic (exact) mass is 273 g/mol. The zero-order valence-electron chi connectivity index (χ0n) is 8.54. The van der Waals surface area contributed by atoms with Gasteiger partial charge in [0, 0.05) is 40.4 Å². The smallest absolute Gasteiger partial charge is 0.359 e. The van der Waals surface area contributed by atoms with Crippen LogP contribution in [0.15, 0.2) is 0 Å². The molecule has 0 bridgehead atoms. The molecule has 2 unspecified atom stereocenters. The van der Waals surface area contributed by atoms with Gasteiger partial charge in [-0.15, -0.1) is 0 Å². The molecule has 1 aromatic heterocycles. The van der Waals surface area contributed by atoms with Crippen molar-refractivity contribution in [1.29, 1.82) is 0 Å². The second-order valence-electron chi connectivity index (χ2n) is 3.11. The largest absolute Gasteiger partial charge is 0.452 e. The summed E-state index contributed by atoms with van der Waals surface area (Å²) in [5.74, 6) is -1.15. The molecule has 16 heavy (non-hydrogen) atoms. The Morgan fingerprint density at radius 1 is 1.56 bits per heavy atom. The molecule has 0 aliphatic rings. The van der Waals surface area contributed by atoms with E-state index in [0.29, 0.717) is 18.1 Å². The standard InChI is InChI=1S/C7H10F3N3OS2/c1-4(16(2)14)3-11-6-12-5(13-15-6)7(8,9)10/h4H,3H2,1-2H3,(H,11,12,13). The summed E-state index contributed by atoms with van der Waals surface area (Å²) in [4.78, 5) is 3.29. The lowest BCUT2D eigenvalue weighted by molar-refractivity contribution is -0.144. The Bertz CT molecular complexity index is 379. The fraction of sp³-hybridized carbons (Fsp3) is 0.714. The fourth-order valence-electron chi connectivity index (χ4n) is 0.759. The summed E-state index contributed by atoms with van der Waals surface area (Å²) in [5, 5.41) is 2.60. The molecule has 1 N–H and O–H groups in total. The fourth-order valence-corrected chi connectivity index (χ4v) is 1.67. The molecule has 1 aromatic rings. The van der Waals surface area contributed by atoms with Crippen molar-refractivity contribution in [2.75, 3.05) is 18.1 Å². The van der Waals surface area contributed by atoms with Gasteiger partial charge in [-0.3, -0.25) is 4.21 Å². The summed E-state index contributed by atoms with van der Waals surface area (Å²) in [7, 11) is -1.02. The minimum Gasteiger partial charge on any atom is -0.359 e. The van der Waals surface area contributed by atoms with E-state index in [4.69, 9.17) is 0 Å². The van der Waals surface area contributed by atoms with Crippen LogP contribution in [0.4, 0.5) is 18.3 Å². The Morgan fingerprint density at radius 2 is 2.19 bits per heavy atom. The van der Waals surface area contributed by atoms with Crippen molar-refractivity contribution in [3.8, 4) is 0 Å². The van der Waals surface area contributed by atoms with Crippen LogP contribution in [0, 0.1) is 0 Å². The Balaban J connectivity index is 2.57. The van der Waals surface area contributed by atoms with Crippen LogP contribution < -0.4 is 5.32 Å². The molecule has 0 aliphatic carbocycles. The van der Waals surface area contributed by atoms with Crippen LogP contribution in [0.2, 0.25) is 0 Å². The van der Waals surface area contributed by atoms with Crippen molar-refractivity contribution in [1.82, 2.24) is 9.36 Å². The van der Waals surface area contributed by atoms with Crippen molar-refractivity contribution < 1.29 is 17.4 Å². The number of nitrogens with one attached hydrogen (secondary N) is 1. The van der Waals surface area contributed by atoms with Crippen LogP contribution in [0.3, 0.4) is 0 Å². The maximum Gasteiger partial charge on any atom is 0.452 e. The molecule has 4 nitrogen and oxygen atoms in total. The van der Waals surface area contributed by atoms with Gasteiger partial charge in [-0.1, -0.05) is 0 Å². The number of aromatic nitrogens is 2. The van der Waals surface area contributed by atoms with Gasteiger partial charge in [0.05, 0.1) is 0 Å². The highest BCUT2D eigenvalue weighted by Gasteiger charge is 2.36. The van der Waals surface area contributed by atoms with Crippen molar-refractivity contribution in [3.63, 3.8) is 0 Å². The summed E-state index contributed by atoms with van der Waals surface area (Å²) in [5.41, 5.74) is 0. The summed E-state index contributed by atoms with van der Waals surface area (Å²) in [6.07, 6.45) is -2.98. The number of alkyl halides is 3. The van der Waals surface area contributed by atoms with Crippen LogP contribution in [0.25, 0.3) is 0 Å². The first-order valence-electron chi connectivity index (χ1n) is 4.27. The predicted octanol–water partition coefficient (Wildman–Crippen LogP) is 1.74. The molecule has 0 aromatic carbocycles. The highest BCUT2D eigenvalue weighted by Crippen LogP contribution is 2.28. The van der Waals surface area contributed by atoms with Gasteiger partial charge in [0.2, 0.25) is 11.0 Å². The van der Waals surface area contributed by atoms with Gasteiger partial charge in [0.25, 0.3) is 0 Å². The first kappa shape index (κ1) is 13.4. The molecule has 0 saturated heterocycles. The maximum atomic E-state index is 12.1. The molecule has 2 atom stereocenters. The predicted molar refractivity (Wildman–Crippen MR) is 56.9 cm³/mol. The highest BCUT2D eigenvalue weighted by atomic mass is 32.2. The molecule has 0 spiro atoms. The van der Waals surface area contributed by atoms with Crippen LogP contribution >= 0.6 is 11.5 Å². The topological polar surface area (TPSA) is 54.9 Å². The summed E-state index contributed by atoms with van der Waals surface area (Å²) in [6, 6.07) is 0. The molecule has 92 valence electrons. The number of halogens is 3. The van der Waals surface area contributed by atoms with Gasteiger partial charge in [0.1, 0.15) is 0 Å². The zero-order chi connectivity index (χ0) is 12.3. The third kappa shape index (κ3) is 3.71. The number of nitrogens with zero attached hydrogens (tertiary/aromatic N) is 2. The Labute approximate surface area is 96.9 Å². The lowest BCUT2D eigenvalue weighted by atomic mass is 10.5. The van der Waals surface area contributed by atoms with E-state index in [2.05, 4.69) is 14.7 Å². The van der Waals surface area contributed by atoms with E-state index < -0.39 is 22.8 Å². The van der Waals surface area contributed by atoms with Crippen LogP contribution in [-0.4, -0.2) is 31.6 Å². The molecular formula is C7H10F3N3OS2. The maximum absolute atomic E-state index is 12.1. The zero-order valence-corrected chi connectivity index (χ0v) is 10.2. The van der Waals surface area contributed by atoms with Gasteiger partial charge in [-0.2, -0.15) is 22.5 Å². The molecule has 0 saturated carbocycles. The van der Waals surface area contributed by atoms with E-state index in [9.17, 15) is 17.4 Å². The Morgan fingerprint density at radius 3 is 2.62 bits per heavy atom. The molecule has 0 radical (unpaired) electrons. The normalized spacial score (nSPS) is 15.8. The molecule has 0 fully saturated rings. The number of hydrogen-bond donors (Lipinski definition) is 1. The SMILES string of the molecule is CC(CNc1nc(C(F)(F)F)ns1)S(C)=O. The van der Waals surface area contributed by atoms with Crippen molar-refractivity contribution >= 4 is 27.5 Å². The molecular weight excluding hydrogens is 263 g/mol. The lowest BCUT2D eigenvalue weighted by Crippen LogP contribution is -2.20. The second-order valence-corrected chi connectivity index (χ2v) is 5.66. The van der Waals surface area contributed by atoms with Crippen molar-refractivity contribution in [3.05, 3.63) is 5.82 Å². The minimum atomic E-state index is -4.52. The summed E-state index contributed by atoms with van der Waals surface area (Å²) >= 11 is 0.639. The molecule has 0 aliphatic heterocycles. The lowest BCUT2D eigenvalue weighted by Gasteiger charge is -2.07. The van der Waals surface area contributed by atoms with E-state index in [1.807, 2.05) is 0 Å². The van der Waals surface area contributed by atoms with Gasteiger partial charge >= 0.3 is 6.18 Å². The van der Waals surface area contributed by atoms with E-state index in [1.54, 1.807) is 6.92 Å². The van der Waals surface area contributed by atoms with E-state index in [-0.39, 0.29) is 10.4 Å². The average Bonchev–Trinajstić information content (AvgIpc) is 2.61. The second kappa shape index (κ2) is 5.09. The van der Waals surface area contributed by atoms with Crippen LogP contribution in [-0.2, 0) is 17.0 Å². The van der Waals surface area contributed by atoms with Crippen molar-refractivity contribution in [2.24, 2.45) is 0 Å². The van der Waals surface area contributed by atoms with Crippen LogP contribution in [0.1, 0.15) is 12.7 Å². The van der Waals surface area contributed by atoms with E-state index in [0.717, 1.165) is 0 Å². The molecule has 1 heterocycles. The van der Waals surface area contributed by atoms with E-state index >= 15 is 0 Å². The average molecular weight is 273 g/mol. The first-order chi connectivity index (χ1) is 7.30. The van der Waals surface area contributed by atoms with Gasteiger partial charge in [-0.25, -0.2) is 0 Å². The Hall–Kier alpha value is -0.700. The molecule has 1 rings (SSSR count). The Kier molecular flexibility index (Phi) is 4.25. The first-order valence-corrected chi connectivity index (χ1v) is 6.67. The number of rotatable bonds is 4. The minimum absolute atomic E-state index is 0.0876. The quantitative estimate of drug-likeness (QED) is 0.908. The van der Waals surface area contributed by atoms with E-state index in [1.165, 1.54) is 6.26 Å². The van der Waals surface area contributed by atoms with Crippen molar-refractivity contribution in [2.45, 2.75) is 18.3 Å². The van der Waals surface area contributed by atoms with Gasteiger partial charge in [-0.05, 0) is 6.92 Å². The van der Waals surface area contributed by atoms with Gasteiger partial charge in [0.15, 0.2) is 0 Å². The highest BCUT2D eigenvalue weighted by molar-refractivity contribution is 7.84. The molecule has 0 amide bonds. The molecule has 9 heteroatoms. The summed E-state index contributed by atoms with van der Waals surface area (Å²) < 4.78 is 50.6. The summed E-state index contributed by atoms with van der Waals surface area (Å²) in [6.45, 7) is 2.03. The third-order valence-corrected chi connectivity index (χ3v) is 3.76. The van der Waals surface area contributed by atoms with Crippen LogP contribution in [0.5, 0.6) is 0 Å². The number of anilines is 1. The van der Waals surface area contributed by atoms with Gasteiger partial charge < -0.3 is 5.32 Å². The third-order valence-electron chi connectivity index (χ3n) is 1.79.